The highest BCUT2D eigenvalue weighted by molar-refractivity contribution is 5.81. The molecule has 112 valence electrons. The van der Waals surface area contributed by atoms with Gasteiger partial charge >= 0.3 is 5.97 Å². The lowest BCUT2D eigenvalue weighted by molar-refractivity contribution is -0.384. The Hall–Kier alpha value is -2.44. The number of nitrogens with zero attached hydrogens (tertiary/aromatic N) is 1. The number of nitro groups is 1. The molecule has 0 heterocycles. The zero-order valence-electron chi connectivity index (χ0n) is 11.4. The third-order valence-electron chi connectivity index (χ3n) is 3.90. The van der Waals surface area contributed by atoms with Crippen LogP contribution in [-0.2, 0) is 16.0 Å². The van der Waals surface area contributed by atoms with Gasteiger partial charge in [-0.15, -0.1) is 0 Å². The maximum absolute atomic E-state index is 11.8. The summed E-state index contributed by atoms with van der Waals surface area (Å²) in [6.07, 6.45) is 2.11. The number of benzene rings is 1. The van der Waals surface area contributed by atoms with Gasteiger partial charge in [0.2, 0.25) is 5.91 Å². The molecule has 0 aromatic heterocycles. The molecule has 1 fully saturated rings. The third-order valence-corrected chi connectivity index (χ3v) is 3.90. The SMILES string of the molecule is O=C(Cc1ccc([N+](=O)[O-])cc1)NCC1(C(=O)O)CCC1. The van der Waals surface area contributed by atoms with Crippen LogP contribution in [0, 0.1) is 15.5 Å². The minimum absolute atomic E-state index is 0.0292. The van der Waals surface area contributed by atoms with E-state index in [4.69, 9.17) is 5.11 Å². The molecule has 0 aliphatic heterocycles. The average Bonchev–Trinajstić information content (AvgIpc) is 2.37. The lowest BCUT2D eigenvalue weighted by Crippen LogP contribution is -2.47. The number of nitro benzene ring substituents is 1. The highest BCUT2D eigenvalue weighted by Gasteiger charge is 2.44. The highest BCUT2D eigenvalue weighted by Crippen LogP contribution is 2.40. The second-order valence-corrected chi connectivity index (χ2v) is 5.32. The van der Waals surface area contributed by atoms with Crippen molar-refractivity contribution < 1.29 is 19.6 Å². The molecule has 1 amide bonds. The van der Waals surface area contributed by atoms with Crippen LogP contribution in [0.3, 0.4) is 0 Å². The zero-order valence-corrected chi connectivity index (χ0v) is 11.4. The summed E-state index contributed by atoms with van der Waals surface area (Å²) in [5.74, 6) is -1.15. The quantitative estimate of drug-likeness (QED) is 0.610. The largest absolute Gasteiger partial charge is 0.481 e. The number of non-ortho nitro benzene ring substituents is 1. The van der Waals surface area contributed by atoms with Crippen molar-refractivity contribution in [1.82, 2.24) is 5.32 Å². The van der Waals surface area contributed by atoms with Crippen molar-refractivity contribution in [2.45, 2.75) is 25.7 Å². The second kappa shape index (κ2) is 5.90. The van der Waals surface area contributed by atoms with Crippen molar-refractivity contribution in [1.29, 1.82) is 0 Å². The van der Waals surface area contributed by atoms with E-state index in [9.17, 15) is 19.7 Å². The first-order valence-corrected chi connectivity index (χ1v) is 6.66. The summed E-state index contributed by atoms with van der Waals surface area (Å²) in [6.45, 7) is 0.133. The first-order valence-electron chi connectivity index (χ1n) is 6.66. The van der Waals surface area contributed by atoms with Crippen LogP contribution < -0.4 is 5.32 Å². The minimum atomic E-state index is -0.871. The van der Waals surface area contributed by atoms with E-state index in [0.717, 1.165) is 6.42 Å². The molecule has 21 heavy (non-hydrogen) atoms. The van der Waals surface area contributed by atoms with Crippen molar-refractivity contribution in [3.63, 3.8) is 0 Å². The lowest BCUT2D eigenvalue weighted by atomic mass is 9.69. The Balaban J connectivity index is 1.87. The van der Waals surface area contributed by atoms with E-state index in [2.05, 4.69) is 5.32 Å². The van der Waals surface area contributed by atoms with Crippen molar-refractivity contribution in [2.75, 3.05) is 6.54 Å². The van der Waals surface area contributed by atoms with E-state index in [-0.39, 0.29) is 24.6 Å². The van der Waals surface area contributed by atoms with Crippen molar-refractivity contribution in [2.24, 2.45) is 5.41 Å². The molecule has 0 bridgehead atoms. The molecular formula is C14H16N2O5. The monoisotopic (exact) mass is 292 g/mol. The van der Waals surface area contributed by atoms with Gasteiger partial charge in [0.15, 0.2) is 0 Å². The lowest BCUT2D eigenvalue weighted by Gasteiger charge is -2.37. The molecule has 7 heteroatoms. The number of carboxylic acid groups (broad SMARTS) is 1. The number of hydrogen-bond acceptors (Lipinski definition) is 4. The maximum Gasteiger partial charge on any atom is 0.311 e. The molecule has 1 aliphatic carbocycles. The summed E-state index contributed by atoms with van der Waals surface area (Å²) in [5.41, 5.74) is -0.194. The van der Waals surface area contributed by atoms with Crippen LogP contribution in [0.4, 0.5) is 5.69 Å². The van der Waals surface area contributed by atoms with Crippen LogP contribution in [0.25, 0.3) is 0 Å². The summed E-state index contributed by atoms with van der Waals surface area (Å²) in [6, 6.07) is 5.72. The van der Waals surface area contributed by atoms with Gasteiger partial charge in [0.05, 0.1) is 16.8 Å². The number of carboxylic acids is 1. The maximum atomic E-state index is 11.8. The van der Waals surface area contributed by atoms with Crippen LogP contribution in [0.5, 0.6) is 0 Å². The van der Waals surface area contributed by atoms with Crippen molar-refractivity contribution >= 4 is 17.6 Å². The van der Waals surface area contributed by atoms with E-state index in [1.54, 1.807) is 0 Å². The molecule has 7 nitrogen and oxygen atoms in total. The first kappa shape index (κ1) is 15.0. The molecule has 1 aromatic rings. The fourth-order valence-electron chi connectivity index (χ4n) is 2.32. The molecule has 0 saturated heterocycles. The number of hydrogen-bond donors (Lipinski definition) is 2. The molecule has 0 atom stereocenters. The predicted molar refractivity (Wildman–Crippen MR) is 73.7 cm³/mol. The fourth-order valence-corrected chi connectivity index (χ4v) is 2.32. The Morgan fingerprint density at radius 1 is 1.29 bits per heavy atom. The Morgan fingerprint density at radius 3 is 2.33 bits per heavy atom. The van der Waals surface area contributed by atoms with E-state index in [1.807, 2.05) is 0 Å². The van der Waals surface area contributed by atoms with E-state index < -0.39 is 16.3 Å². The predicted octanol–water partition coefficient (Wildman–Crippen LogP) is 1.51. The van der Waals surface area contributed by atoms with Crippen LogP contribution in [0.15, 0.2) is 24.3 Å². The Bertz CT molecular complexity index is 563. The van der Waals surface area contributed by atoms with Gasteiger partial charge in [0.1, 0.15) is 0 Å². The summed E-state index contributed by atoms with van der Waals surface area (Å²) in [7, 11) is 0. The van der Waals surface area contributed by atoms with Gasteiger partial charge in [-0.25, -0.2) is 0 Å². The Labute approximate surface area is 121 Å². The fraction of sp³-hybridized carbons (Fsp3) is 0.429. The van der Waals surface area contributed by atoms with E-state index in [0.29, 0.717) is 18.4 Å². The van der Waals surface area contributed by atoms with Gasteiger partial charge in [-0.1, -0.05) is 18.6 Å². The average molecular weight is 292 g/mol. The number of nitrogens with one attached hydrogen (secondary N) is 1. The van der Waals surface area contributed by atoms with Crippen LogP contribution >= 0.6 is 0 Å². The van der Waals surface area contributed by atoms with E-state index >= 15 is 0 Å². The van der Waals surface area contributed by atoms with Gasteiger partial charge in [0.25, 0.3) is 5.69 Å². The number of rotatable bonds is 6. The summed E-state index contributed by atoms with van der Waals surface area (Å²) in [4.78, 5) is 33.0. The van der Waals surface area contributed by atoms with Gasteiger partial charge in [-0.05, 0) is 18.4 Å². The van der Waals surface area contributed by atoms with Crippen LogP contribution in [0.1, 0.15) is 24.8 Å². The van der Waals surface area contributed by atoms with Gasteiger partial charge < -0.3 is 10.4 Å². The molecule has 0 unspecified atom stereocenters. The topological polar surface area (TPSA) is 110 Å². The Morgan fingerprint density at radius 2 is 1.90 bits per heavy atom. The minimum Gasteiger partial charge on any atom is -0.481 e. The molecule has 1 saturated carbocycles. The smallest absolute Gasteiger partial charge is 0.311 e. The van der Waals surface area contributed by atoms with Gasteiger partial charge in [0, 0.05) is 18.7 Å². The zero-order chi connectivity index (χ0) is 15.5. The molecule has 2 N–H and O–H groups in total. The molecular weight excluding hydrogens is 276 g/mol. The molecule has 1 aliphatic rings. The Kier molecular flexibility index (Phi) is 4.21. The number of aliphatic carboxylic acids is 1. The summed E-state index contributed by atoms with van der Waals surface area (Å²) >= 11 is 0. The van der Waals surface area contributed by atoms with Crippen molar-refractivity contribution in [3.8, 4) is 0 Å². The molecule has 1 aromatic carbocycles. The normalized spacial score (nSPS) is 15.8. The third kappa shape index (κ3) is 3.36. The van der Waals surface area contributed by atoms with Crippen LogP contribution in [-0.4, -0.2) is 28.5 Å². The standard InChI is InChI=1S/C14H16N2O5/c17-12(15-9-14(13(18)19)6-1-7-14)8-10-2-4-11(5-3-10)16(20)21/h2-5H,1,6-9H2,(H,15,17)(H,18,19). The summed E-state index contributed by atoms with van der Waals surface area (Å²) in [5, 5.41) is 22.3. The molecule has 0 radical (unpaired) electrons. The number of carbonyl (C=O) groups is 2. The molecule has 2 rings (SSSR count). The van der Waals surface area contributed by atoms with Crippen molar-refractivity contribution in [3.05, 3.63) is 39.9 Å². The molecule has 0 spiro atoms. The van der Waals surface area contributed by atoms with E-state index in [1.165, 1.54) is 24.3 Å². The number of amides is 1. The highest BCUT2D eigenvalue weighted by atomic mass is 16.6. The van der Waals surface area contributed by atoms with Gasteiger partial charge in [-0.2, -0.15) is 0 Å². The number of carbonyl (C=O) groups excluding carboxylic acids is 1. The van der Waals surface area contributed by atoms with Crippen LogP contribution in [0.2, 0.25) is 0 Å². The first-order chi connectivity index (χ1) is 9.93. The summed E-state index contributed by atoms with van der Waals surface area (Å²) < 4.78 is 0. The van der Waals surface area contributed by atoms with Gasteiger partial charge in [-0.3, -0.25) is 19.7 Å². The second-order valence-electron chi connectivity index (χ2n) is 5.32.